The van der Waals surface area contributed by atoms with E-state index in [1.807, 2.05) is 18.2 Å². The van der Waals surface area contributed by atoms with Gasteiger partial charge in [0.25, 0.3) is 5.78 Å². The zero-order chi connectivity index (χ0) is 26.2. The molecule has 2 aromatic carbocycles. The molecule has 0 radical (unpaired) electrons. The third kappa shape index (κ3) is 4.79. The maximum Gasteiger partial charge on any atom is 0.254 e. The van der Waals surface area contributed by atoms with E-state index in [2.05, 4.69) is 20.0 Å². The summed E-state index contributed by atoms with van der Waals surface area (Å²) in [5.74, 6) is 2.40. The van der Waals surface area contributed by atoms with Crippen molar-refractivity contribution >= 4 is 44.8 Å². The van der Waals surface area contributed by atoms with Crippen LogP contribution in [0.5, 0.6) is 11.5 Å². The maximum absolute atomic E-state index is 13.4. The Morgan fingerprint density at radius 3 is 2.49 bits per heavy atom. The van der Waals surface area contributed by atoms with Crippen LogP contribution in [0.3, 0.4) is 0 Å². The minimum Gasteiger partial charge on any atom is -0.493 e. The molecule has 194 valence electrons. The molecule has 1 aliphatic heterocycles. The van der Waals surface area contributed by atoms with E-state index < -0.39 is 10.0 Å². The van der Waals surface area contributed by atoms with Crippen LogP contribution in [0.1, 0.15) is 6.42 Å². The van der Waals surface area contributed by atoms with Crippen LogP contribution in [0.15, 0.2) is 53.8 Å². The molecular weight excluding hydrogens is 539 g/mol. The van der Waals surface area contributed by atoms with Crippen LogP contribution in [-0.4, -0.2) is 72.7 Å². The van der Waals surface area contributed by atoms with Crippen molar-refractivity contribution in [2.75, 3.05) is 45.3 Å². The average Bonchev–Trinajstić information content (AvgIpc) is 3.23. The zero-order valence-electron chi connectivity index (χ0n) is 20.1. The quantitative estimate of drug-likeness (QED) is 0.347. The van der Waals surface area contributed by atoms with Crippen LogP contribution >= 0.6 is 23.2 Å². The molecule has 0 bridgehead atoms. The lowest BCUT2D eigenvalue weighted by molar-refractivity contribution is 0.355. The average molecular weight is 563 g/mol. The second-order valence-electron chi connectivity index (χ2n) is 8.36. The summed E-state index contributed by atoms with van der Waals surface area (Å²) in [6, 6.07) is 10.0. The predicted molar refractivity (Wildman–Crippen MR) is 141 cm³/mol. The number of methoxy groups -OCH3 is 2. The van der Waals surface area contributed by atoms with Crippen molar-refractivity contribution in [3.63, 3.8) is 0 Å². The van der Waals surface area contributed by atoms with Gasteiger partial charge in [-0.15, -0.1) is 0 Å². The minimum atomic E-state index is -3.81. The van der Waals surface area contributed by atoms with Crippen LogP contribution in [-0.2, 0) is 10.0 Å². The number of anilines is 1. The summed E-state index contributed by atoms with van der Waals surface area (Å²) in [6.45, 7) is 1.61. The van der Waals surface area contributed by atoms with Gasteiger partial charge in [-0.2, -0.15) is 18.9 Å². The highest BCUT2D eigenvalue weighted by Gasteiger charge is 2.30. The summed E-state index contributed by atoms with van der Waals surface area (Å²) >= 11 is 12.2. The summed E-state index contributed by atoms with van der Waals surface area (Å²) in [4.78, 5) is 10.9. The second-order valence-corrected chi connectivity index (χ2v) is 11.1. The monoisotopic (exact) mass is 562 g/mol. The topological polar surface area (TPSA) is 102 Å². The van der Waals surface area contributed by atoms with Gasteiger partial charge in [0.2, 0.25) is 10.0 Å². The number of ether oxygens (including phenoxy) is 2. The number of aromatic nitrogens is 4. The highest BCUT2D eigenvalue weighted by molar-refractivity contribution is 7.89. The molecule has 1 fully saturated rings. The molecule has 37 heavy (non-hydrogen) atoms. The lowest BCUT2D eigenvalue weighted by Gasteiger charge is -2.26. The lowest BCUT2D eigenvalue weighted by atomic mass is 10.1. The lowest BCUT2D eigenvalue weighted by Crippen LogP contribution is -2.36. The molecule has 0 spiro atoms. The zero-order valence-corrected chi connectivity index (χ0v) is 22.5. The molecule has 0 saturated carbocycles. The van der Waals surface area contributed by atoms with Gasteiger partial charge < -0.3 is 14.4 Å². The van der Waals surface area contributed by atoms with E-state index in [9.17, 15) is 8.42 Å². The van der Waals surface area contributed by atoms with Gasteiger partial charge in [0.1, 0.15) is 17.0 Å². The van der Waals surface area contributed by atoms with E-state index in [-0.39, 0.29) is 16.5 Å². The third-order valence-electron chi connectivity index (χ3n) is 6.24. The molecule has 0 aliphatic carbocycles. The smallest absolute Gasteiger partial charge is 0.254 e. The van der Waals surface area contributed by atoms with Crippen LogP contribution in [0.4, 0.5) is 5.82 Å². The Kier molecular flexibility index (Phi) is 7.13. The van der Waals surface area contributed by atoms with E-state index in [1.165, 1.54) is 28.8 Å². The number of rotatable bonds is 6. The van der Waals surface area contributed by atoms with Crippen molar-refractivity contribution in [1.82, 2.24) is 23.9 Å². The first-order valence-electron chi connectivity index (χ1n) is 11.4. The highest BCUT2D eigenvalue weighted by Crippen LogP contribution is 2.37. The van der Waals surface area contributed by atoms with Crippen molar-refractivity contribution in [1.29, 1.82) is 0 Å². The molecule has 1 saturated heterocycles. The second kappa shape index (κ2) is 10.3. The number of nitrogens with zero attached hydrogens (tertiary/aromatic N) is 6. The van der Waals surface area contributed by atoms with E-state index in [4.69, 9.17) is 32.7 Å². The van der Waals surface area contributed by atoms with Crippen LogP contribution in [0.25, 0.3) is 16.9 Å². The van der Waals surface area contributed by atoms with E-state index in [0.717, 1.165) is 16.9 Å². The molecule has 4 aromatic rings. The van der Waals surface area contributed by atoms with Crippen LogP contribution in [0.2, 0.25) is 10.0 Å². The highest BCUT2D eigenvalue weighted by atomic mass is 35.5. The predicted octanol–water partition coefficient (Wildman–Crippen LogP) is 4.02. The normalized spacial score (nSPS) is 15.1. The largest absolute Gasteiger partial charge is 0.493 e. The fraction of sp³-hybridized carbons (Fsp3) is 0.292. The van der Waals surface area contributed by atoms with Gasteiger partial charge in [-0.25, -0.2) is 13.4 Å². The standard InChI is InChI=1S/C24H24Cl2N6O4S/c1-35-20-6-4-16(12-21(20)36-2)18-14-27-24-28-15-29-32(24)23(18)30-8-3-9-31(11-10-30)37(33,34)22-7-5-17(25)13-19(22)26/h4-7,12-15H,3,8-11H2,1-2H3. The fourth-order valence-corrected chi connectivity index (χ4v) is 6.66. The molecule has 3 heterocycles. The van der Waals surface area contributed by atoms with Gasteiger partial charge >= 0.3 is 0 Å². The van der Waals surface area contributed by atoms with E-state index in [1.54, 1.807) is 24.9 Å². The Hall–Kier alpha value is -3.12. The van der Waals surface area contributed by atoms with Crippen molar-refractivity contribution in [2.45, 2.75) is 11.3 Å². The fourth-order valence-electron chi connectivity index (χ4n) is 4.45. The van der Waals surface area contributed by atoms with Crippen molar-refractivity contribution < 1.29 is 17.9 Å². The first kappa shape index (κ1) is 25.5. The first-order valence-corrected chi connectivity index (χ1v) is 13.6. The maximum atomic E-state index is 13.4. The van der Waals surface area contributed by atoms with E-state index in [0.29, 0.717) is 48.4 Å². The van der Waals surface area contributed by atoms with Crippen molar-refractivity contribution in [3.8, 4) is 22.6 Å². The summed E-state index contributed by atoms with van der Waals surface area (Å²) in [6.07, 6.45) is 3.78. The van der Waals surface area contributed by atoms with Gasteiger partial charge in [-0.1, -0.05) is 29.3 Å². The molecule has 0 amide bonds. The number of hydrogen-bond acceptors (Lipinski definition) is 8. The molecule has 2 aromatic heterocycles. The van der Waals surface area contributed by atoms with Crippen LogP contribution in [0, 0.1) is 0 Å². The molecular formula is C24H24Cl2N6O4S. The van der Waals surface area contributed by atoms with Crippen molar-refractivity contribution in [3.05, 3.63) is 59.0 Å². The first-order chi connectivity index (χ1) is 17.8. The Morgan fingerprint density at radius 2 is 1.73 bits per heavy atom. The Morgan fingerprint density at radius 1 is 0.919 bits per heavy atom. The molecule has 0 atom stereocenters. The van der Waals surface area contributed by atoms with Gasteiger partial charge in [0.05, 0.1) is 19.2 Å². The molecule has 0 unspecified atom stereocenters. The molecule has 5 rings (SSSR count). The van der Waals surface area contributed by atoms with E-state index >= 15 is 0 Å². The summed E-state index contributed by atoms with van der Waals surface area (Å²) in [5.41, 5.74) is 1.65. The number of benzene rings is 2. The van der Waals surface area contributed by atoms with Gasteiger partial charge in [0.15, 0.2) is 11.5 Å². The van der Waals surface area contributed by atoms with Gasteiger partial charge in [-0.3, -0.25) is 0 Å². The van der Waals surface area contributed by atoms with Gasteiger partial charge in [-0.05, 0) is 42.3 Å². The molecule has 1 aliphatic rings. The number of sulfonamides is 1. The number of halogens is 2. The summed E-state index contributed by atoms with van der Waals surface area (Å²) < 4.78 is 40.9. The minimum absolute atomic E-state index is 0.0422. The molecule has 0 N–H and O–H groups in total. The molecule has 13 heteroatoms. The molecule has 10 nitrogen and oxygen atoms in total. The Bertz CT molecular complexity index is 1560. The number of hydrogen-bond donors (Lipinski definition) is 0. The SMILES string of the molecule is COc1ccc(-c2cnc3ncnn3c2N2CCCN(S(=O)(=O)c3ccc(Cl)cc3Cl)CC2)cc1OC. The van der Waals surface area contributed by atoms with Crippen LogP contribution < -0.4 is 14.4 Å². The van der Waals surface area contributed by atoms with Gasteiger partial charge in [0, 0.05) is 43.0 Å². The number of fused-ring (bicyclic) bond motifs is 1. The summed E-state index contributed by atoms with van der Waals surface area (Å²) in [7, 11) is -0.645. The Labute approximate surface area is 224 Å². The third-order valence-corrected chi connectivity index (χ3v) is 8.86. The van der Waals surface area contributed by atoms with Crippen molar-refractivity contribution in [2.24, 2.45) is 0 Å². The Balaban J connectivity index is 1.51. The summed E-state index contributed by atoms with van der Waals surface area (Å²) in [5, 5.41) is 4.88.